The summed E-state index contributed by atoms with van der Waals surface area (Å²) < 4.78 is 1.78. The van der Waals surface area contributed by atoms with E-state index in [1.807, 2.05) is 38.5 Å². The summed E-state index contributed by atoms with van der Waals surface area (Å²) in [6.45, 7) is 1.25. The van der Waals surface area contributed by atoms with Crippen LogP contribution in [-0.2, 0) is 13.1 Å². The first kappa shape index (κ1) is 20.3. The summed E-state index contributed by atoms with van der Waals surface area (Å²) in [6.07, 6.45) is 5.44. The second-order valence-corrected chi connectivity index (χ2v) is 8.57. The molecule has 1 N–H and O–H groups in total. The van der Waals surface area contributed by atoms with Gasteiger partial charge in [0.1, 0.15) is 16.5 Å². The summed E-state index contributed by atoms with van der Waals surface area (Å²) in [6, 6.07) is 16.3. The number of anilines is 1. The van der Waals surface area contributed by atoms with Crippen molar-refractivity contribution >= 4 is 27.4 Å². The first-order valence-electron chi connectivity index (χ1n) is 10.3. The summed E-state index contributed by atoms with van der Waals surface area (Å²) in [7, 11) is 4.05. The van der Waals surface area contributed by atoms with Crippen LogP contribution in [0.5, 0.6) is 0 Å². The molecule has 0 radical (unpaired) electrons. The largest absolute Gasteiger partial charge is 0.365 e. The minimum absolute atomic E-state index is 0.570. The summed E-state index contributed by atoms with van der Waals surface area (Å²) in [5.74, 6) is 2.43. The van der Waals surface area contributed by atoms with Crippen molar-refractivity contribution in [2.45, 2.75) is 13.1 Å². The second-order valence-electron chi connectivity index (χ2n) is 7.71. The van der Waals surface area contributed by atoms with Gasteiger partial charge in [-0.2, -0.15) is 5.10 Å². The highest BCUT2D eigenvalue weighted by molar-refractivity contribution is 7.17. The number of aromatic nitrogens is 5. The molecule has 0 fully saturated rings. The first-order valence-corrected chi connectivity index (χ1v) is 11.2. The van der Waals surface area contributed by atoms with Gasteiger partial charge < -0.3 is 10.2 Å². The molecule has 0 atom stereocenters. The summed E-state index contributed by atoms with van der Waals surface area (Å²) in [5.41, 5.74) is 3.33. The number of nitrogens with one attached hydrogen (secondary N) is 1. The molecule has 0 aliphatic rings. The molecule has 0 saturated heterocycles. The van der Waals surface area contributed by atoms with Crippen molar-refractivity contribution in [3.8, 4) is 16.9 Å². The van der Waals surface area contributed by atoms with Gasteiger partial charge in [-0.15, -0.1) is 11.3 Å². The molecule has 160 valence electrons. The fourth-order valence-corrected chi connectivity index (χ4v) is 4.61. The number of rotatable bonds is 7. The molecule has 4 heterocycles. The average molecular weight is 442 g/mol. The van der Waals surface area contributed by atoms with E-state index in [4.69, 9.17) is 9.97 Å². The zero-order valence-corrected chi connectivity index (χ0v) is 18.8. The van der Waals surface area contributed by atoms with Gasteiger partial charge in [-0.3, -0.25) is 0 Å². The number of hydrogen-bond acceptors (Lipinski definition) is 7. The third-order valence-corrected chi connectivity index (χ3v) is 5.93. The molecule has 0 aliphatic carbocycles. The maximum atomic E-state index is 4.91. The lowest BCUT2D eigenvalue weighted by molar-refractivity contribution is 0.391. The Labute approximate surface area is 190 Å². The van der Waals surface area contributed by atoms with E-state index in [9.17, 15) is 0 Å². The number of fused-ring (bicyclic) bond motifs is 1. The molecule has 7 nitrogen and oxygen atoms in total. The minimum Gasteiger partial charge on any atom is -0.365 e. The van der Waals surface area contributed by atoms with E-state index in [0.717, 1.165) is 44.4 Å². The summed E-state index contributed by atoms with van der Waals surface area (Å²) >= 11 is 1.65. The van der Waals surface area contributed by atoms with Crippen molar-refractivity contribution in [3.63, 3.8) is 0 Å². The highest BCUT2D eigenvalue weighted by Gasteiger charge is 2.16. The van der Waals surface area contributed by atoms with Crippen LogP contribution in [-0.4, -0.2) is 43.7 Å². The lowest BCUT2D eigenvalue weighted by atomic mass is 10.1. The van der Waals surface area contributed by atoms with E-state index in [0.29, 0.717) is 13.1 Å². The van der Waals surface area contributed by atoms with E-state index in [2.05, 4.69) is 56.0 Å². The Hall–Kier alpha value is -3.62. The maximum absolute atomic E-state index is 4.91. The number of thiophene rings is 1. The number of hydrogen-bond donors (Lipinski definition) is 1. The fourth-order valence-electron chi connectivity index (χ4n) is 3.65. The number of nitrogens with zero attached hydrogens (tertiary/aromatic N) is 6. The van der Waals surface area contributed by atoms with E-state index >= 15 is 0 Å². The van der Waals surface area contributed by atoms with Crippen molar-refractivity contribution in [2.75, 3.05) is 19.4 Å². The second kappa shape index (κ2) is 8.86. The minimum atomic E-state index is 0.570. The monoisotopic (exact) mass is 441 g/mol. The van der Waals surface area contributed by atoms with Crippen LogP contribution in [0, 0.1) is 0 Å². The lowest BCUT2D eigenvalue weighted by Gasteiger charge is -2.14. The highest BCUT2D eigenvalue weighted by Crippen LogP contribution is 2.37. The van der Waals surface area contributed by atoms with Crippen molar-refractivity contribution in [1.29, 1.82) is 0 Å². The van der Waals surface area contributed by atoms with E-state index in [-0.39, 0.29) is 0 Å². The molecule has 32 heavy (non-hydrogen) atoms. The van der Waals surface area contributed by atoms with Crippen LogP contribution in [0.2, 0.25) is 0 Å². The Balaban J connectivity index is 1.56. The quantitative estimate of drug-likeness (QED) is 0.398. The topological polar surface area (TPSA) is 71.8 Å². The van der Waals surface area contributed by atoms with Crippen LogP contribution in [0.4, 0.5) is 5.82 Å². The van der Waals surface area contributed by atoms with Gasteiger partial charge in [-0.25, -0.2) is 19.6 Å². The molecule has 0 unspecified atom stereocenters. The standard InChI is InChI=1S/C24H23N7S/c1-30(2)15-20-28-22(21-19(16-32-24(21)29-20)17-8-4-3-5-9-17)26-14-18-10-6-11-25-23(18)31-13-7-12-27-31/h3-13,16H,14-15H2,1-2H3,(H,26,28,29). The van der Waals surface area contributed by atoms with Crippen molar-refractivity contribution < 1.29 is 0 Å². The van der Waals surface area contributed by atoms with E-state index in [1.165, 1.54) is 0 Å². The predicted molar refractivity (Wildman–Crippen MR) is 129 cm³/mol. The van der Waals surface area contributed by atoms with Crippen molar-refractivity contribution in [2.24, 2.45) is 0 Å². The van der Waals surface area contributed by atoms with Crippen molar-refractivity contribution in [3.05, 3.63) is 83.9 Å². The summed E-state index contributed by atoms with van der Waals surface area (Å²) in [5, 5.41) is 11.1. The van der Waals surface area contributed by atoms with Gasteiger partial charge in [0.05, 0.1) is 11.9 Å². The van der Waals surface area contributed by atoms with E-state index < -0.39 is 0 Å². The molecule has 0 bridgehead atoms. The molecule has 0 amide bonds. The molecule has 0 aliphatic heterocycles. The van der Waals surface area contributed by atoms with Crippen molar-refractivity contribution in [1.82, 2.24) is 29.6 Å². The third-order valence-electron chi connectivity index (χ3n) is 5.06. The van der Waals surface area contributed by atoms with Crippen LogP contribution in [0.25, 0.3) is 27.2 Å². The zero-order chi connectivity index (χ0) is 21.9. The highest BCUT2D eigenvalue weighted by atomic mass is 32.1. The molecule has 5 rings (SSSR count). The van der Waals surface area contributed by atoms with Crippen LogP contribution in [0.3, 0.4) is 0 Å². The van der Waals surface area contributed by atoms with Gasteiger partial charge in [0.15, 0.2) is 5.82 Å². The molecule has 0 saturated carbocycles. The predicted octanol–water partition coefficient (Wildman–Crippen LogP) is 4.61. The molecule has 0 spiro atoms. The molecule has 8 heteroatoms. The summed E-state index contributed by atoms with van der Waals surface area (Å²) in [4.78, 5) is 17.3. The third kappa shape index (κ3) is 4.10. The normalized spacial score (nSPS) is 11.3. The van der Waals surface area contributed by atoms with Gasteiger partial charge >= 0.3 is 0 Å². The zero-order valence-electron chi connectivity index (χ0n) is 17.9. The SMILES string of the molecule is CN(C)Cc1nc(NCc2cccnc2-n2cccn2)c2c(-c3ccccc3)csc2n1. The molecular formula is C24H23N7S. The fraction of sp³-hybridized carbons (Fsp3) is 0.167. The van der Waals surface area contributed by atoms with E-state index in [1.54, 1.807) is 28.4 Å². The van der Waals surface area contributed by atoms with Crippen LogP contribution in [0.15, 0.2) is 72.5 Å². The molecule has 1 aromatic carbocycles. The van der Waals surface area contributed by atoms with Crippen LogP contribution >= 0.6 is 11.3 Å². The molecule has 4 aromatic heterocycles. The van der Waals surface area contributed by atoms with Gasteiger partial charge in [-0.1, -0.05) is 36.4 Å². The Bertz CT molecular complexity index is 1330. The molecule has 5 aromatic rings. The Morgan fingerprint density at radius 2 is 1.88 bits per heavy atom. The average Bonchev–Trinajstić information content (AvgIpc) is 3.48. The van der Waals surface area contributed by atoms with Gasteiger partial charge in [0, 0.05) is 41.6 Å². The van der Waals surface area contributed by atoms with Crippen LogP contribution < -0.4 is 5.32 Å². The smallest absolute Gasteiger partial charge is 0.158 e. The van der Waals surface area contributed by atoms with Gasteiger partial charge in [0.2, 0.25) is 0 Å². The Morgan fingerprint density at radius 1 is 1.00 bits per heavy atom. The maximum Gasteiger partial charge on any atom is 0.158 e. The number of benzene rings is 1. The Kier molecular flexibility index (Phi) is 5.62. The van der Waals surface area contributed by atoms with Gasteiger partial charge in [0.25, 0.3) is 0 Å². The van der Waals surface area contributed by atoms with Crippen LogP contribution in [0.1, 0.15) is 11.4 Å². The Morgan fingerprint density at radius 3 is 2.66 bits per heavy atom. The first-order chi connectivity index (χ1) is 15.7. The lowest BCUT2D eigenvalue weighted by Crippen LogP contribution is -2.15. The number of pyridine rings is 1. The molecular weight excluding hydrogens is 418 g/mol. The van der Waals surface area contributed by atoms with Gasteiger partial charge in [-0.05, 0) is 31.8 Å².